The quantitative estimate of drug-likeness (QED) is 0.267. The van der Waals surface area contributed by atoms with E-state index >= 15 is 0 Å². The van der Waals surface area contributed by atoms with Gasteiger partial charge in [0, 0.05) is 20.1 Å². The van der Waals surface area contributed by atoms with E-state index in [2.05, 4.69) is 40.4 Å². The molecule has 2 aliphatic carbocycles. The summed E-state index contributed by atoms with van der Waals surface area (Å²) in [4.78, 5) is 13.7. The summed E-state index contributed by atoms with van der Waals surface area (Å²) in [7, 11) is 0.729. The van der Waals surface area contributed by atoms with Gasteiger partial charge in [0.05, 0.1) is 6.10 Å². The predicted octanol–water partition coefficient (Wildman–Crippen LogP) is 2.92. The zero-order valence-corrected chi connectivity index (χ0v) is 22.0. The lowest BCUT2D eigenvalue weighted by Gasteiger charge is -2.58. The fourth-order valence-electron chi connectivity index (χ4n) is 5.84. The molecule has 2 bridgehead atoms. The fraction of sp³-hybridized carbons (Fsp3) is 0.792. The Morgan fingerprint density at radius 1 is 1.27 bits per heavy atom. The monoisotopic (exact) mass is 482 g/mol. The SMILES string of the molecule is C=C1[C@@H](OC)O[C@H]2C[C@]34C(=O)O[C@H](C=C(C)[C@]3(O)[C@@H](OCOC)[C@@H]12)C4O[Si](C)(C)C(C)(C)C. The Kier molecular flexibility index (Phi) is 6.05. The van der Waals surface area contributed by atoms with Crippen LogP contribution in [-0.2, 0) is 32.9 Å². The summed E-state index contributed by atoms with van der Waals surface area (Å²) >= 11 is 0. The van der Waals surface area contributed by atoms with Crippen LogP contribution in [0, 0.1) is 11.3 Å². The molecule has 0 radical (unpaired) electrons. The van der Waals surface area contributed by atoms with Crippen molar-refractivity contribution in [1.29, 1.82) is 0 Å². The van der Waals surface area contributed by atoms with E-state index in [-0.39, 0.29) is 24.2 Å². The third-order valence-corrected chi connectivity index (χ3v) is 13.0. The molecule has 0 amide bonds. The molecule has 33 heavy (non-hydrogen) atoms. The highest BCUT2D eigenvalue weighted by Gasteiger charge is 2.79. The molecular weight excluding hydrogens is 444 g/mol. The van der Waals surface area contributed by atoms with Gasteiger partial charge in [-0.25, -0.2) is 0 Å². The second kappa shape index (κ2) is 7.98. The molecule has 8 atom stereocenters. The maximum absolute atomic E-state index is 13.7. The van der Waals surface area contributed by atoms with E-state index in [0.29, 0.717) is 11.1 Å². The third kappa shape index (κ3) is 3.27. The van der Waals surface area contributed by atoms with Gasteiger partial charge in [-0.2, -0.15) is 0 Å². The van der Waals surface area contributed by atoms with Gasteiger partial charge in [0.15, 0.2) is 14.6 Å². The van der Waals surface area contributed by atoms with E-state index < -0.39 is 56.0 Å². The zero-order valence-electron chi connectivity index (χ0n) is 21.0. The van der Waals surface area contributed by atoms with Gasteiger partial charge >= 0.3 is 5.97 Å². The lowest BCUT2D eigenvalue weighted by molar-refractivity contribution is -0.251. The molecule has 1 unspecified atom stereocenters. The third-order valence-electron chi connectivity index (χ3n) is 8.59. The first-order valence-electron chi connectivity index (χ1n) is 11.5. The number of rotatable bonds is 6. The van der Waals surface area contributed by atoms with Crippen LogP contribution in [0.4, 0.5) is 0 Å². The Balaban J connectivity index is 1.88. The highest BCUT2D eigenvalue weighted by atomic mass is 28.4. The van der Waals surface area contributed by atoms with Crippen LogP contribution in [0.1, 0.15) is 34.1 Å². The summed E-state index contributed by atoms with van der Waals surface area (Å²) in [5.74, 6) is -0.867. The summed E-state index contributed by atoms with van der Waals surface area (Å²) in [5, 5.41) is 12.4. The molecule has 3 fully saturated rings. The number of aliphatic hydroxyl groups is 1. The Morgan fingerprint density at radius 3 is 2.52 bits per heavy atom. The van der Waals surface area contributed by atoms with Gasteiger partial charge in [0.25, 0.3) is 0 Å². The number of carbonyl (C=O) groups excluding carboxylic acids is 1. The highest BCUT2D eigenvalue weighted by molar-refractivity contribution is 6.74. The van der Waals surface area contributed by atoms with Gasteiger partial charge in [-0.1, -0.05) is 27.4 Å². The smallest absolute Gasteiger partial charge is 0.319 e. The maximum atomic E-state index is 13.7. The van der Waals surface area contributed by atoms with Crippen molar-refractivity contribution >= 4 is 14.3 Å². The fourth-order valence-corrected chi connectivity index (χ4v) is 7.17. The summed E-state index contributed by atoms with van der Waals surface area (Å²) in [6.45, 7) is 16.7. The van der Waals surface area contributed by atoms with Crippen molar-refractivity contribution in [1.82, 2.24) is 0 Å². The average molecular weight is 483 g/mol. The van der Waals surface area contributed by atoms with E-state index in [1.807, 2.05) is 13.0 Å². The standard InChI is InChI=1S/C24H38O8Si/c1-13-10-15-18(32-33(8,9)22(3,4)5)23(21(25)31-15)11-16-17(14(2)20(28-7)30-16)19(24(13,23)26)29-12-27-6/h10,15-20,26H,2,11-12H2,1,3-9H3/t15-,16+,17+,18?,19+,20+,23+,24+/m1/s1. The van der Waals surface area contributed by atoms with Crippen molar-refractivity contribution in [3.63, 3.8) is 0 Å². The van der Waals surface area contributed by atoms with Gasteiger partial charge in [0.1, 0.15) is 36.1 Å². The van der Waals surface area contributed by atoms with Crippen LogP contribution in [0.15, 0.2) is 23.8 Å². The van der Waals surface area contributed by atoms with Gasteiger partial charge < -0.3 is 33.2 Å². The van der Waals surface area contributed by atoms with E-state index in [1.54, 1.807) is 7.11 Å². The topological polar surface area (TPSA) is 92.7 Å². The molecule has 2 aliphatic heterocycles. The molecule has 0 aromatic carbocycles. The van der Waals surface area contributed by atoms with Crippen molar-refractivity contribution < 1.29 is 38.0 Å². The first kappa shape index (κ1) is 25.0. The Morgan fingerprint density at radius 2 is 1.94 bits per heavy atom. The first-order valence-corrected chi connectivity index (χ1v) is 14.4. The first-order chi connectivity index (χ1) is 15.3. The maximum Gasteiger partial charge on any atom is 0.319 e. The van der Waals surface area contributed by atoms with Gasteiger partial charge in [0.2, 0.25) is 0 Å². The number of fused-ring (bicyclic) bond motifs is 2. The lowest BCUT2D eigenvalue weighted by Crippen LogP contribution is -2.73. The molecule has 2 saturated heterocycles. The summed E-state index contributed by atoms with van der Waals surface area (Å²) < 4.78 is 35.7. The largest absolute Gasteiger partial charge is 0.455 e. The van der Waals surface area contributed by atoms with Gasteiger partial charge in [-0.15, -0.1) is 0 Å². The predicted molar refractivity (Wildman–Crippen MR) is 123 cm³/mol. The molecule has 1 N–H and O–H groups in total. The minimum Gasteiger partial charge on any atom is -0.455 e. The van der Waals surface area contributed by atoms with Crippen molar-refractivity contribution in [3.8, 4) is 0 Å². The molecule has 0 aromatic rings. The van der Waals surface area contributed by atoms with E-state index in [4.69, 9.17) is 28.1 Å². The van der Waals surface area contributed by atoms with Crippen molar-refractivity contribution in [3.05, 3.63) is 23.8 Å². The number of methoxy groups -OCH3 is 2. The van der Waals surface area contributed by atoms with Crippen LogP contribution in [0.2, 0.25) is 18.1 Å². The number of ether oxygens (including phenoxy) is 5. The van der Waals surface area contributed by atoms with E-state index in [0.717, 1.165) is 0 Å². The molecule has 1 saturated carbocycles. The van der Waals surface area contributed by atoms with E-state index in [9.17, 15) is 9.90 Å². The zero-order chi connectivity index (χ0) is 24.6. The van der Waals surface area contributed by atoms with Crippen LogP contribution in [-0.4, -0.2) is 76.7 Å². The molecule has 4 aliphatic rings. The normalized spacial score (nSPS) is 42.6. The Hall–Kier alpha value is -1.07. The van der Waals surface area contributed by atoms with Crippen molar-refractivity contribution in [2.24, 2.45) is 11.3 Å². The van der Waals surface area contributed by atoms with Crippen molar-refractivity contribution in [2.75, 3.05) is 21.0 Å². The molecular formula is C24H38O8Si. The number of carbonyl (C=O) groups is 1. The van der Waals surface area contributed by atoms with Crippen LogP contribution >= 0.6 is 0 Å². The second-order valence-electron chi connectivity index (χ2n) is 11.3. The molecule has 4 rings (SSSR count). The molecule has 2 heterocycles. The van der Waals surface area contributed by atoms with Gasteiger partial charge in [-0.05, 0) is 48.7 Å². The summed E-state index contributed by atoms with van der Waals surface area (Å²) in [6, 6.07) is 0. The molecule has 0 aromatic heterocycles. The lowest BCUT2D eigenvalue weighted by atomic mass is 9.51. The molecule has 9 heteroatoms. The van der Waals surface area contributed by atoms with Crippen LogP contribution < -0.4 is 0 Å². The number of esters is 1. The minimum atomic E-state index is -2.34. The molecule has 1 spiro atoms. The molecule has 186 valence electrons. The Labute approximate surface area is 197 Å². The van der Waals surface area contributed by atoms with Gasteiger partial charge in [-0.3, -0.25) is 4.79 Å². The highest BCUT2D eigenvalue weighted by Crippen LogP contribution is 2.64. The Bertz CT molecular complexity index is 863. The summed E-state index contributed by atoms with van der Waals surface area (Å²) in [6.07, 6.45) is -1.14. The van der Waals surface area contributed by atoms with E-state index in [1.165, 1.54) is 7.11 Å². The van der Waals surface area contributed by atoms with Crippen molar-refractivity contribution in [2.45, 2.75) is 88.6 Å². The summed E-state index contributed by atoms with van der Waals surface area (Å²) in [5.41, 5.74) is -1.76. The average Bonchev–Trinajstić information content (AvgIpc) is 3.13. The van der Waals surface area contributed by atoms with Crippen LogP contribution in [0.3, 0.4) is 0 Å². The second-order valence-corrected chi connectivity index (χ2v) is 16.1. The number of hydrogen-bond acceptors (Lipinski definition) is 8. The van der Waals surface area contributed by atoms with Crippen LogP contribution in [0.25, 0.3) is 0 Å². The molecule has 8 nitrogen and oxygen atoms in total. The minimum absolute atomic E-state index is 0.0588. The number of hydrogen-bond donors (Lipinski definition) is 1. The van der Waals surface area contributed by atoms with Crippen LogP contribution in [0.5, 0.6) is 0 Å².